The van der Waals surface area contributed by atoms with E-state index in [1.165, 1.54) is 0 Å². The number of carbonyl (C=O) groups excluding carboxylic acids is 1. The van der Waals surface area contributed by atoms with Gasteiger partial charge < -0.3 is 9.80 Å². The molecule has 27 heavy (non-hydrogen) atoms. The number of piperazine rings is 1. The summed E-state index contributed by atoms with van der Waals surface area (Å²) >= 11 is 6.52. The second-order valence-electron chi connectivity index (χ2n) is 6.57. The van der Waals surface area contributed by atoms with Crippen LogP contribution in [0.5, 0.6) is 0 Å². The van der Waals surface area contributed by atoms with Crippen molar-refractivity contribution in [1.29, 1.82) is 0 Å². The van der Waals surface area contributed by atoms with Crippen LogP contribution in [0.2, 0.25) is 5.02 Å². The molecule has 0 N–H and O–H groups in total. The summed E-state index contributed by atoms with van der Waals surface area (Å²) in [6.45, 7) is 4.71. The monoisotopic (exact) mass is 381 g/mol. The van der Waals surface area contributed by atoms with Gasteiger partial charge in [0.25, 0.3) is 5.91 Å². The predicted molar refractivity (Wildman–Crippen MR) is 106 cm³/mol. The minimum atomic E-state index is 0.0888. The Hall–Kier alpha value is -2.86. The standard InChI is InChI=1S/C20H20ClN5O/c1-15-5-2-3-6-16(15)20(27)25-11-9-24(10-12-25)19-17(21)7-4-8-18(19)26-13-22-23-14-26/h2-8,13-14H,9-12H2,1H3. The highest BCUT2D eigenvalue weighted by molar-refractivity contribution is 6.33. The molecule has 0 unspecified atom stereocenters. The van der Waals surface area contributed by atoms with E-state index in [-0.39, 0.29) is 5.91 Å². The number of aryl methyl sites for hydroxylation is 1. The highest BCUT2D eigenvalue weighted by atomic mass is 35.5. The fourth-order valence-electron chi connectivity index (χ4n) is 3.47. The van der Waals surface area contributed by atoms with Crippen LogP contribution in [-0.4, -0.2) is 51.8 Å². The number of hydrogen-bond donors (Lipinski definition) is 0. The largest absolute Gasteiger partial charge is 0.365 e. The molecule has 0 aliphatic carbocycles. The lowest BCUT2D eigenvalue weighted by Crippen LogP contribution is -2.49. The van der Waals surface area contributed by atoms with Crippen LogP contribution < -0.4 is 4.90 Å². The molecule has 0 atom stereocenters. The van der Waals surface area contributed by atoms with E-state index >= 15 is 0 Å². The van der Waals surface area contributed by atoms with Crippen molar-refractivity contribution < 1.29 is 4.79 Å². The third kappa shape index (κ3) is 3.40. The van der Waals surface area contributed by atoms with Gasteiger partial charge in [0, 0.05) is 31.7 Å². The molecule has 0 spiro atoms. The summed E-state index contributed by atoms with van der Waals surface area (Å²) in [7, 11) is 0. The Kier molecular flexibility index (Phi) is 4.81. The van der Waals surface area contributed by atoms with Gasteiger partial charge in [0.15, 0.2) is 0 Å². The maximum Gasteiger partial charge on any atom is 0.254 e. The van der Waals surface area contributed by atoms with Crippen molar-refractivity contribution in [2.24, 2.45) is 0 Å². The molecule has 1 aliphatic heterocycles. The molecule has 1 aromatic heterocycles. The number of benzene rings is 2. The van der Waals surface area contributed by atoms with Gasteiger partial charge in [0.1, 0.15) is 12.7 Å². The van der Waals surface area contributed by atoms with Crippen LogP contribution >= 0.6 is 11.6 Å². The molecular weight excluding hydrogens is 362 g/mol. The Morgan fingerprint density at radius 3 is 2.37 bits per heavy atom. The van der Waals surface area contributed by atoms with Crippen LogP contribution in [0.1, 0.15) is 15.9 Å². The van der Waals surface area contributed by atoms with Gasteiger partial charge in [0.2, 0.25) is 0 Å². The molecule has 1 amide bonds. The zero-order chi connectivity index (χ0) is 18.8. The van der Waals surface area contributed by atoms with Crippen LogP contribution in [0, 0.1) is 6.92 Å². The summed E-state index contributed by atoms with van der Waals surface area (Å²) in [6, 6.07) is 13.5. The quantitative estimate of drug-likeness (QED) is 0.699. The molecule has 0 saturated carbocycles. The average molecular weight is 382 g/mol. The van der Waals surface area contributed by atoms with Crippen LogP contribution in [0.3, 0.4) is 0 Å². The van der Waals surface area contributed by atoms with Crippen molar-refractivity contribution >= 4 is 23.2 Å². The van der Waals surface area contributed by atoms with E-state index < -0.39 is 0 Å². The van der Waals surface area contributed by atoms with Gasteiger partial charge in [-0.1, -0.05) is 35.9 Å². The Morgan fingerprint density at radius 2 is 1.67 bits per heavy atom. The Morgan fingerprint density at radius 1 is 0.963 bits per heavy atom. The number of para-hydroxylation sites is 1. The number of rotatable bonds is 3. The van der Waals surface area contributed by atoms with E-state index in [1.54, 1.807) is 12.7 Å². The van der Waals surface area contributed by atoms with Crippen molar-refractivity contribution in [2.45, 2.75) is 6.92 Å². The molecule has 1 aliphatic rings. The smallest absolute Gasteiger partial charge is 0.254 e. The van der Waals surface area contributed by atoms with Gasteiger partial charge in [-0.2, -0.15) is 0 Å². The molecule has 1 fully saturated rings. The number of hydrogen-bond acceptors (Lipinski definition) is 4. The maximum absolute atomic E-state index is 12.8. The predicted octanol–water partition coefficient (Wildman–Crippen LogP) is 3.19. The summed E-state index contributed by atoms with van der Waals surface area (Å²) in [5.74, 6) is 0.0888. The van der Waals surface area contributed by atoms with Gasteiger partial charge in [0.05, 0.1) is 16.4 Å². The van der Waals surface area contributed by atoms with Crippen LogP contribution in [0.4, 0.5) is 5.69 Å². The van der Waals surface area contributed by atoms with Gasteiger partial charge >= 0.3 is 0 Å². The number of halogens is 1. The number of anilines is 1. The van der Waals surface area contributed by atoms with Crippen LogP contribution in [-0.2, 0) is 0 Å². The van der Waals surface area contributed by atoms with Crippen molar-refractivity contribution in [2.75, 3.05) is 31.1 Å². The molecule has 6 nitrogen and oxygen atoms in total. The highest BCUT2D eigenvalue weighted by Crippen LogP contribution is 2.33. The molecule has 3 aromatic rings. The van der Waals surface area contributed by atoms with Gasteiger partial charge in [-0.15, -0.1) is 10.2 Å². The van der Waals surface area contributed by atoms with E-state index in [2.05, 4.69) is 15.1 Å². The van der Waals surface area contributed by atoms with E-state index in [9.17, 15) is 4.79 Å². The average Bonchev–Trinajstić information content (AvgIpc) is 3.22. The van der Waals surface area contributed by atoms with Gasteiger partial charge in [-0.3, -0.25) is 9.36 Å². The first-order chi connectivity index (χ1) is 13.1. The lowest BCUT2D eigenvalue weighted by Gasteiger charge is -2.37. The molecule has 1 saturated heterocycles. The second kappa shape index (κ2) is 7.40. The minimum Gasteiger partial charge on any atom is -0.365 e. The Labute approximate surface area is 163 Å². The number of amides is 1. The molecule has 4 rings (SSSR count). The minimum absolute atomic E-state index is 0.0888. The van der Waals surface area contributed by atoms with Crippen molar-refractivity contribution in [1.82, 2.24) is 19.7 Å². The summed E-state index contributed by atoms with van der Waals surface area (Å²) < 4.78 is 1.85. The third-order valence-corrected chi connectivity index (χ3v) is 5.23. The topological polar surface area (TPSA) is 54.3 Å². The fraction of sp³-hybridized carbons (Fsp3) is 0.250. The normalized spacial score (nSPS) is 14.4. The molecule has 0 bridgehead atoms. The fourth-order valence-corrected chi connectivity index (χ4v) is 3.76. The summed E-state index contributed by atoms with van der Waals surface area (Å²) in [5.41, 5.74) is 3.66. The van der Waals surface area contributed by atoms with E-state index in [1.807, 2.05) is 58.9 Å². The SMILES string of the molecule is Cc1ccccc1C(=O)N1CCN(c2c(Cl)cccc2-n2cnnc2)CC1. The molecule has 2 aromatic carbocycles. The summed E-state index contributed by atoms with van der Waals surface area (Å²) in [4.78, 5) is 17.0. The summed E-state index contributed by atoms with van der Waals surface area (Å²) in [6.07, 6.45) is 3.32. The van der Waals surface area contributed by atoms with Crippen LogP contribution in [0.15, 0.2) is 55.1 Å². The van der Waals surface area contributed by atoms with Gasteiger partial charge in [-0.05, 0) is 30.7 Å². The first-order valence-electron chi connectivity index (χ1n) is 8.88. The zero-order valence-corrected chi connectivity index (χ0v) is 15.8. The lowest BCUT2D eigenvalue weighted by molar-refractivity contribution is 0.0746. The Bertz CT molecular complexity index is 949. The Balaban J connectivity index is 1.54. The second-order valence-corrected chi connectivity index (χ2v) is 6.98. The zero-order valence-electron chi connectivity index (χ0n) is 15.0. The van der Waals surface area contributed by atoms with E-state index in [0.29, 0.717) is 18.1 Å². The third-order valence-electron chi connectivity index (χ3n) is 4.92. The van der Waals surface area contributed by atoms with E-state index in [4.69, 9.17) is 11.6 Å². The molecule has 2 heterocycles. The van der Waals surface area contributed by atoms with Gasteiger partial charge in [-0.25, -0.2) is 0 Å². The summed E-state index contributed by atoms with van der Waals surface area (Å²) in [5, 5.41) is 8.46. The van der Waals surface area contributed by atoms with E-state index in [0.717, 1.165) is 35.6 Å². The first-order valence-corrected chi connectivity index (χ1v) is 9.26. The molecular formula is C20H20ClN5O. The number of aromatic nitrogens is 3. The first kappa shape index (κ1) is 17.5. The number of carbonyl (C=O) groups is 1. The van der Waals surface area contributed by atoms with Crippen molar-refractivity contribution in [3.63, 3.8) is 0 Å². The molecule has 7 heteroatoms. The van der Waals surface area contributed by atoms with Crippen molar-refractivity contribution in [3.8, 4) is 5.69 Å². The molecule has 138 valence electrons. The highest BCUT2D eigenvalue weighted by Gasteiger charge is 2.25. The van der Waals surface area contributed by atoms with Crippen LogP contribution in [0.25, 0.3) is 5.69 Å². The van der Waals surface area contributed by atoms with Crippen molar-refractivity contribution in [3.05, 3.63) is 71.3 Å². The molecule has 0 radical (unpaired) electrons. The number of nitrogens with zero attached hydrogens (tertiary/aromatic N) is 5. The lowest BCUT2D eigenvalue weighted by atomic mass is 10.1. The maximum atomic E-state index is 12.8.